The van der Waals surface area contributed by atoms with Crippen molar-refractivity contribution in [2.45, 2.75) is 19.8 Å². The molecule has 0 fully saturated rings. The van der Waals surface area contributed by atoms with Crippen molar-refractivity contribution in [2.24, 2.45) is 7.05 Å². The lowest BCUT2D eigenvalue weighted by Crippen LogP contribution is -2.15. The van der Waals surface area contributed by atoms with Crippen molar-refractivity contribution in [1.29, 1.82) is 0 Å². The highest BCUT2D eigenvalue weighted by Crippen LogP contribution is 2.14. The number of para-hydroxylation sites is 1. The van der Waals surface area contributed by atoms with Gasteiger partial charge in [-0.05, 0) is 25.0 Å². The third kappa shape index (κ3) is 3.99. The fourth-order valence-corrected chi connectivity index (χ4v) is 1.94. The first kappa shape index (κ1) is 16.0. The lowest BCUT2D eigenvalue weighted by atomic mass is 10.1. The predicted octanol–water partition coefficient (Wildman–Crippen LogP) is 2.30. The number of hydrogen-bond donors (Lipinski definition) is 2. The number of rotatable bonds is 4. The zero-order valence-electron chi connectivity index (χ0n) is 11.6. The Morgan fingerprint density at radius 1 is 1.40 bits per heavy atom. The Hall–Kier alpha value is -2.01. The Morgan fingerprint density at radius 2 is 2.10 bits per heavy atom. The van der Waals surface area contributed by atoms with Gasteiger partial charge in [-0.2, -0.15) is 5.10 Å². The second-order valence-electron chi connectivity index (χ2n) is 4.54. The standard InChI is InChI=1S/C14H18N4O.ClH/c1-10-9-13(18(2)17-10)16-14(19)8-7-11-5-3-4-6-12(11)15;/h3-6,9H,7-8,15H2,1-2H3,(H,16,19);1H. The van der Waals surface area contributed by atoms with Gasteiger partial charge in [-0.15, -0.1) is 12.4 Å². The van der Waals surface area contributed by atoms with Crippen LogP contribution < -0.4 is 11.1 Å². The van der Waals surface area contributed by atoms with Crippen LogP contribution in [0.15, 0.2) is 30.3 Å². The highest BCUT2D eigenvalue weighted by molar-refractivity contribution is 5.90. The van der Waals surface area contributed by atoms with E-state index in [1.54, 1.807) is 11.7 Å². The topological polar surface area (TPSA) is 72.9 Å². The van der Waals surface area contributed by atoms with E-state index in [4.69, 9.17) is 5.73 Å². The van der Waals surface area contributed by atoms with Gasteiger partial charge < -0.3 is 11.1 Å². The second kappa shape index (κ2) is 6.96. The van der Waals surface area contributed by atoms with E-state index in [9.17, 15) is 4.79 Å². The molecule has 3 N–H and O–H groups in total. The maximum Gasteiger partial charge on any atom is 0.225 e. The van der Waals surface area contributed by atoms with Gasteiger partial charge in [-0.3, -0.25) is 9.48 Å². The van der Waals surface area contributed by atoms with E-state index >= 15 is 0 Å². The van der Waals surface area contributed by atoms with Gasteiger partial charge in [0.15, 0.2) is 0 Å². The number of nitrogens with one attached hydrogen (secondary N) is 1. The van der Waals surface area contributed by atoms with Crippen molar-refractivity contribution in [3.8, 4) is 0 Å². The van der Waals surface area contributed by atoms with Crippen molar-refractivity contribution in [3.05, 3.63) is 41.6 Å². The molecular formula is C14H19ClN4O. The molecule has 0 spiro atoms. The summed E-state index contributed by atoms with van der Waals surface area (Å²) in [5.41, 5.74) is 8.45. The van der Waals surface area contributed by atoms with E-state index in [0.29, 0.717) is 18.7 Å². The molecule has 0 bridgehead atoms. The van der Waals surface area contributed by atoms with E-state index in [1.807, 2.05) is 37.3 Å². The van der Waals surface area contributed by atoms with Crippen molar-refractivity contribution in [1.82, 2.24) is 9.78 Å². The number of carbonyl (C=O) groups excluding carboxylic acids is 1. The summed E-state index contributed by atoms with van der Waals surface area (Å²) in [7, 11) is 1.80. The number of nitrogens with two attached hydrogens (primary N) is 1. The summed E-state index contributed by atoms with van der Waals surface area (Å²) < 4.78 is 1.66. The molecule has 0 unspecified atom stereocenters. The van der Waals surface area contributed by atoms with Gasteiger partial charge in [0.2, 0.25) is 5.91 Å². The second-order valence-corrected chi connectivity index (χ2v) is 4.54. The van der Waals surface area contributed by atoms with Crippen LogP contribution in [0.1, 0.15) is 17.7 Å². The Balaban J connectivity index is 0.00000200. The van der Waals surface area contributed by atoms with Crippen LogP contribution in [-0.4, -0.2) is 15.7 Å². The molecule has 1 aromatic heterocycles. The maximum atomic E-state index is 11.9. The molecule has 108 valence electrons. The van der Waals surface area contributed by atoms with Gasteiger partial charge in [-0.1, -0.05) is 18.2 Å². The Bertz CT molecular complexity index is 595. The van der Waals surface area contributed by atoms with Crippen LogP contribution in [0.4, 0.5) is 11.5 Å². The first-order valence-corrected chi connectivity index (χ1v) is 6.20. The zero-order chi connectivity index (χ0) is 13.8. The van der Waals surface area contributed by atoms with Crippen molar-refractivity contribution >= 4 is 29.8 Å². The number of aryl methyl sites for hydroxylation is 3. The highest BCUT2D eigenvalue weighted by atomic mass is 35.5. The number of aromatic nitrogens is 2. The van der Waals surface area contributed by atoms with E-state index in [-0.39, 0.29) is 18.3 Å². The lowest BCUT2D eigenvalue weighted by Gasteiger charge is -2.06. The molecule has 5 nitrogen and oxygen atoms in total. The van der Waals surface area contributed by atoms with Gasteiger partial charge in [0, 0.05) is 25.2 Å². The summed E-state index contributed by atoms with van der Waals surface area (Å²) in [6.45, 7) is 1.89. The first-order valence-electron chi connectivity index (χ1n) is 6.20. The zero-order valence-corrected chi connectivity index (χ0v) is 12.4. The van der Waals surface area contributed by atoms with Gasteiger partial charge >= 0.3 is 0 Å². The molecule has 1 amide bonds. The van der Waals surface area contributed by atoms with E-state index in [0.717, 1.165) is 16.9 Å². The van der Waals surface area contributed by atoms with Crippen LogP contribution in [0.25, 0.3) is 0 Å². The highest BCUT2D eigenvalue weighted by Gasteiger charge is 2.08. The average molecular weight is 295 g/mol. The summed E-state index contributed by atoms with van der Waals surface area (Å²) in [6.07, 6.45) is 1.04. The molecule has 0 aliphatic rings. The number of nitrogen functional groups attached to an aromatic ring is 1. The Kier molecular flexibility index (Phi) is 5.58. The van der Waals surface area contributed by atoms with Crippen molar-refractivity contribution in [2.75, 3.05) is 11.1 Å². The molecule has 0 radical (unpaired) electrons. The summed E-state index contributed by atoms with van der Waals surface area (Å²) in [5, 5.41) is 7.02. The average Bonchev–Trinajstić information content (AvgIpc) is 2.67. The summed E-state index contributed by atoms with van der Waals surface area (Å²) in [4.78, 5) is 11.9. The van der Waals surface area contributed by atoms with Crippen LogP contribution in [0.5, 0.6) is 0 Å². The van der Waals surface area contributed by atoms with Gasteiger partial charge in [-0.25, -0.2) is 0 Å². The SMILES string of the molecule is Cc1cc(NC(=O)CCc2ccccc2N)n(C)n1.Cl. The molecule has 0 saturated heterocycles. The minimum Gasteiger partial charge on any atom is -0.399 e. The minimum absolute atomic E-state index is 0. The van der Waals surface area contributed by atoms with E-state index in [2.05, 4.69) is 10.4 Å². The maximum absolute atomic E-state index is 11.9. The van der Waals surface area contributed by atoms with Crippen LogP contribution in [0.2, 0.25) is 0 Å². The minimum atomic E-state index is -0.0359. The molecule has 6 heteroatoms. The predicted molar refractivity (Wildman–Crippen MR) is 83.0 cm³/mol. The van der Waals surface area contributed by atoms with Crippen LogP contribution >= 0.6 is 12.4 Å². The summed E-state index contributed by atoms with van der Waals surface area (Å²) >= 11 is 0. The smallest absolute Gasteiger partial charge is 0.225 e. The van der Waals surface area contributed by atoms with Crippen LogP contribution in [0, 0.1) is 6.92 Å². The molecule has 1 heterocycles. The molecule has 0 saturated carbocycles. The number of hydrogen-bond acceptors (Lipinski definition) is 3. The molecule has 2 rings (SSSR count). The van der Waals surface area contributed by atoms with Crippen molar-refractivity contribution < 1.29 is 4.79 Å². The normalized spacial score (nSPS) is 9.90. The molecule has 0 atom stereocenters. The fraction of sp³-hybridized carbons (Fsp3) is 0.286. The molecule has 0 aliphatic carbocycles. The molecule has 20 heavy (non-hydrogen) atoms. The Labute approximate surface area is 124 Å². The number of halogens is 1. The molecule has 0 aliphatic heterocycles. The Morgan fingerprint density at radius 3 is 2.70 bits per heavy atom. The summed E-state index contributed by atoms with van der Waals surface area (Å²) in [6, 6.07) is 9.44. The van der Waals surface area contributed by atoms with Gasteiger partial charge in [0.05, 0.1) is 5.69 Å². The monoisotopic (exact) mass is 294 g/mol. The lowest BCUT2D eigenvalue weighted by molar-refractivity contribution is -0.116. The molecule has 1 aromatic carbocycles. The third-order valence-corrected chi connectivity index (χ3v) is 2.95. The first-order chi connectivity index (χ1) is 9.06. The third-order valence-electron chi connectivity index (χ3n) is 2.95. The van der Waals surface area contributed by atoms with Gasteiger partial charge in [0.25, 0.3) is 0 Å². The molecular weight excluding hydrogens is 276 g/mol. The molecule has 2 aromatic rings. The summed E-state index contributed by atoms with van der Waals surface area (Å²) in [5.74, 6) is 0.676. The number of carbonyl (C=O) groups is 1. The van der Waals surface area contributed by atoms with E-state index in [1.165, 1.54) is 0 Å². The van der Waals surface area contributed by atoms with E-state index < -0.39 is 0 Å². The van der Waals surface area contributed by atoms with Crippen molar-refractivity contribution in [3.63, 3.8) is 0 Å². The fourth-order valence-electron chi connectivity index (χ4n) is 1.94. The quantitative estimate of drug-likeness (QED) is 0.850. The number of nitrogens with zero attached hydrogens (tertiary/aromatic N) is 2. The number of amides is 1. The van der Waals surface area contributed by atoms with Gasteiger partial charge in [0.1, 0.15) is 5.82 Å². The van der Waals surface area contributed by atoms with Crippen LogP contribution in [0.3, 0.4) is 0 Å². The largest absolute Gasteiger partial charge is 0.399 e. The number of anilines is 2. The number of benzene rings is 1. The van der Waals surface area contributed by atoms with Crippen LogP contribution in [-0.2, 0) is 18.3 Å².